The molecule has 0 saturated heterocycles. The number of carbonyl (C=O) groups excluding carboxylic acids is 1. The van der Waals surface area contributed by atoms with Crippen LogP contribution in [0.2, 0.25) is 0 Å². The number of halogens is 1. The number of aryl methyl sites for hydroxylation is 1. The quantitative estimate of drug-likeness (QED) is 0.698. The van der Waals surface area contributed by atoms with Gasteiger partial charge in [0.25, 0.3) is 0 Å². The van der Waals surface area contributed by atoms with Crippen LogP contribution in [0.3, 0.4) is 0 Å². The van der Waals surface area contributed by atoms with Crippen molar-refractivity contribution in [3.8, 4) is 0 Å². The smallest absolute Gasteiger partial charge is 0.198 e. The first-order valence-corrected chi connectivity index (χ1v) is 6.53. The van der Waals surface area contributed by atoms with Crippen molar-refractivity contribution in [2.45, 2.75) is 19.9 Å². The first kappa shape index (κ1) is 12.8. The van der Waals surface area contributed by atoms with E-state index in [0.717, 1.165) is 17.4 Å². The van der Waals surface area contributed by atoms with Gasteiger partial charge in [0.05, 0.1) is 11.8 Å². The average Bonchev–Trinajstić information content (AvgIpc) is 2.80. The topological polar surface area (TPSA) is 60.9 Å². The first-order valence-electron chi connectivity index (χ1n) is 5.74. The van der Waals surface area contributed by atoms with Gasteiger partial charge in [-0.2, -0.15) is 5.10 Å². The fourth-order valence-corrected chi connectivity index (χ4v) is 2.07. The molecule has 0 radical (unpaired) electrons. The molecule has 1 aromatic heterocycles. The first-order chi connectivity index (χ1) is 8.61. The SMILES string of the molecule is CCCn1cc(C(=O)c2cc(Br)ccc2N)cn1. The van der Waals surface area contributed by atoms with Gasteiger partial charge in [0.2, 0.25) is 0 Å². The molecule has 2 N–H and O–H groups in total. The number of rotatable bonds is 4. The molecule has 0 unspecified atom stereocenters. The van der Waals surface area contributed by atoms with Crippen LogP contribution >= 0.6 is 15.9 Å². The summed E-state index contributed by atoms with van der Waals surface area (Å²) in [6.07, 6.45) is 4.32. The molecular weight excluding hydrogens is 294 g/mol. The number of aromatic nitrogens is 2. The van der Waals surface area contributed by atoms with Gasteiger partial charge in [-0.25, -0.2) is 0 Å². The maximum atomic E-state index is 12.3. The van der Waals surface area contributed by atoms with E-state index in [1.54, 1.807) is 29.2 Å². The molecule has 2 aromatic rings. The molecule has 0 amide bonds. The third kappa shape index (κ3) is 2.61. The second-order valence-corrected chi connectivity index (χ2v) is 4.97. The highest BCUT2D eigenvalue weighted by Gasteiger charge is 2.14. The van der Waals surface area contributed by atoms with Crippen molar-refractivity contribution in [1.82, 2.24) is 9.78 Å². The van der Waals surface area contributed by atoms with Crippen LogP contribution in [0.5, 0.6) is 0 Å². The number of ketones is 1. The molecule has 0 saturated carbocycles. The Morgan fingerprint density at radius 1 is 1.50 bits per heavy atom. The lowest BCUT2D eigenvalue weighted by Crippen LogP contribution is -2.04. The second-order valence-electron chi connectivity index (χ2n) is 4.05. The van der Waals surface area contributed by atoms with Crippen molar-refractivity contribution in [2.75, 3.05) is 5.73 Å². The maximum absolute atomic E-state index is 12.3. The number of hydrogen-bond acceptors (Lipinski definition) is 3. The molecule has 0 aliphatic heterocycles. The molecule has 1 aromatic carbocycles. The van der Waals surface area contributed by atoms with Crippen LogP contribution in [0.4, 0.5) is 5.69 Å². The van der Waals surface area contributed by atoms with Gasteiger partial charge in [0.1, 0.15) is 0 Å². The Morgan fingerprint density at radius 2 is 2.28 bits per heavy atom. The van der Waals surface area contributed by atoms with Gasteiger partial charge in [-0.3, -0.25) is 9.48 Å². The number of nitrogens with two attached hydrogens (primary N) is 1. The van der Waals surface area contributed by atoms with Crippen molar-refractivity contribution in [1.29, 1.82) is 0 Å². The van der Waals surface area contributed by atoms with E-state index >= 15 is 0 Å². The summed E-state index contributed by atoms with van der Waals surface area (Å²) < 4.78 is 2.60. The second kappa shape index (κ2) is 5.35. The van der Waals surface area contributed by atoms with Gasteiger partial charge < -0.3 is 5.73 Å². The van der Waals surface area contributed by atoms with Crippen molar-refractivity contribution in [2.24, 2.45) is 0 Å². The van der Waals surface area contributed by atoms with Gasteiger partial charge in [-0.1, -0.05) is 22.9 Å². The minimum Gasteiger partial charge on any atom is -0.398 e. The summed E-state index contributed by atoms with van der Waals surface area (Å²) in [6, 6.07) is 5.26. The van der Waals surface area contributed by atoms with Crippen LogP contribution in [0, 0.1) is 0 Å². The van der Waals surface area contributed by atoms with E-state index in [-0.39, 0.29) is 5.78 Å². The van der Waals surface area contributed by atoms with Gasteiger partial charge in [-0.05, 0) is 24.6 Å². The van der Waals surface area contributed by atoms with Crippen LogP contribution in [0.15, 0.2) is 35.1 Å². The van der Waals surface area contributed by atoms with Gasteiger partial charge in [0, 0.05) is 28.5 Å². The van der Waals surface area contributed by atoms with Gasteiger partial charge in [0.15, 0.2) is 5.78 Å². The highest BCUT2D eigenvalue weighted by molar-refractivity contribution is 9.10. The predicted molar refractivity (Wildman–Crippen MR) is 74.5 cm³/mol. The van der Waals surface area contributed by atoms with E-state index in [1.165, 1.54) is 0 Å². The Balaban J connectivity index is 2.32. The van der Waals surface area contributed by atoms with Crippen LogP contribution in [-0.2, 0) is 6.54 Å². The largest absolute Gasteiger partial charge is 0.398 e. The molecule has 4 nitrogen and oxygen atoms in total. The Morgan fingerprint density at radius 3 is 3.00 bits per heavy atom. The van der Waals surface area contributed by atoms with E-state index in [1.807, 2.05) is 6.07 Å². The lowest BCUT2D eigenvalue weighted by atomic mass is 10.0. The van der Waals surface area contributed by atoms with Crippen molar-refractivity contribution >= 4 is 27.4 Å². The molecule has 94 valence electrons. The fourth-order valence-electron chi connectivity index (χ4n) is 1.71. The lowest BCUT2D eigenvalue weighted by Gasteiger charge is -2.03. The predicted octanol–water partition coefficient (Wildman–Crippen LogP) is 2.87. The maximum Gasteiger partial charge on any atom is 0.198 e. The van der Waals surface area contributed by atoms with Crippen LogP contribution in [0.1, 0.15) is 29.3 Å². The summed E-state index contributed by atoms with van der Waals surface area (Å²) in [4.78, 5) is 12.3. The van der Waals surface area contributed by atoms with Gasteiger partial charge in [-0.15, -0.1) is 0 Å². The van der Waals surface area contributed by atoms with Crippen LogP contribution < -0.4 is 5.73 Å². The van der Waals surface area contributed by atoms with Crippen molar-refractivity contribution in [3.63, 3.8) is 0 Å². The molecule has 1 heterocycles. The molecule has 2 rings (SSSR count). The van der Waals surface area contributed by atoms with Crippen molar-refractivity contribution in [3.05, 3.63) is 46.2 Å². The summed E-state index contributed by atoms with van der Waals surface area (Å²) in [5, 5.41) is 4.15. The van der Waals surface area contributed by atoms with Crippen LogP contribution in [-0.4, -0.2) is 15.6 Å². The monoisotopic (exact) mass is 307 g/mol. The summed E-state index contributed by atoms with van der Waals surface area (Å²) in [5.74, 6) is -0.101. The standard InChI is InChI=1S/C13H14BrN3O/c1-2-5-17-8-9(7-16-17)13(18)11-6-10(14)3-4-12(11)15/h3-4,6-8H,2,5,15H2,1H3. The Labute approximate surface area is 114 Å². The molecule has 0 aliphatic carbocycles. The van der Waals surface area contributed by atoms with E-state index in [9.17, 15) is 4.79 Å². The van der Waals surface area contributed by atoms with E-state index in [4.69, 9.17) is 5.73 Å². The number of nitrogen functional groups attached to an aromatic ring is 1. The lowest BCUT2D eigenvalue weighted by molar-refractivity contribution is 0.103. The molecule has 0 atom stereocenters. The summed E-state index contributed by atoms with van der Waals surface area (Å²) in [5.41, 5.74) is 7.37. The number of nitrogens with zero attached hydrogens (tertiary/aromatic N) is 2. The molecule has 5 heteroatoms. The Kier molecular flexibility index (Phi) is 3.81. The highest BCUT2D eigenvalue weighted by Crippen LogP contribution is 2.21. The number of benzene rings is 1. The minimum atomic E-state index is -0.101. The summed E-state index contributed by atoms with van der Waals surface area (Å²) >= 11 is 3.34. The van der Waals surface area contributed by atoms with Gasteiger partial charge >= 0.3 is 0 Å². The summed E-state index contributed by atoms with van der Waals surface area (Å²) in [7, 11) is 0. The normalized spacial score (nSPS) is 10.6. The molecule has 18 heavy (non-hydrogen) atoms. The van der Waals surface area contributed by atoms with E-state index in [0.29, 0.717) is 16.8 Å². The third-order valence-corrected chi connectivity index (χ3v) is 3.10. The fraction of sp³-hybridized carbons (Fsp3) is 0.231. The summed E-state index contributed by atoms with van der Waals surface area (Å²) in [6.45, 7) is 2.87. The highest BCUT2D eigenvalue weighted by atomic mass is 79.9. The zero-order chi connectivity index (χ0) is 13.1. The van der Waals surface area contributed by atoms with Crippen LogP contribution in [0.25, 0.3) is 0 Å². The Bertz CT molecular complexity index is 577. The van der Waals surface area contributed by atoms with E-state index < -0.39 is 0 Å². The molecular formula is C13H14BrN3O. The van der Waals surface area contributed by atoms with E-state index in [2.05, 4.69) is 28.0 Å². The zero-order valence-electron chi connectivity index (χ0n) is 10.1. The average molecular weight is 308 g/mol. The molecule has 0 bridgehead atoms. The minimum absolute atomic E-state index is 0.101. The molecule has 0 aliphatic rings. The number of carbonyl (C=O) groups is 1. The molecule has 0 fully saturated rings. The number of hydrogen-bond donors (Lipinski definition) is 1. The molecule has 0 spiro atoms. The zero-order valence-corrected chi connectivity index (χ0v) is 11.6. The number of anilines is 1. The van der Waals surface area contributed by atoms with Crippen molar-refractivity contribution < 1.29 is 4.79 Å². The Hall–Kier alpha value is -1.62. The third-order valence-electron chi connectivity index (χ3n) is 2.61.